The third-order valence-corrected chi connectivity index (χ3v) is 4.69. The first-order valence-corrected chi connectivity index (χ1v) is 8.81. The lowest BCUT2D eigenvalue weighted by Gasteiger charge is -2.26. The molecule has 1 aliphatic carbocycles. The highest BCUT2D eigenvalue weighted by atomic mass is 16.4. The van der Waals surface area contributed by atoms with Gasteiger partial charge in [0.15, 0.2) is 0 Å². The van der Waals surface area contributed by atoms with Gasteiger partial charge in [0.2, 0.25) is 11.8 Å². The van der Waals surface area contributed by atoms with E-state index in [1.54, 1.807) is 0 Å². The molecule has 1 fully saturated rings. The van der Waals surface area contributed by atoms with E-state index in [1.165, 1.54) is 44.9 Å². The van der Waals surface area contributed by atoms with Crippen LogP contribution >= 0.6 is 0 Å². The molecule has 0 saturated heterocycles. The highest BCUT2D eigenvalue weighted by molar-refractivity contribution is 4.96. The molecule has 0 radical (unpaired) electrons. The topological polar surface area (TPSA) is 51.0 Å². The normalized spacial score (nSPS) is 24.1. The van der Waals surface area contributed by atoms with Crippen LogP contribution in [0.4, 0.5) is 0 Å². The van der Waals surface area contributed by atoms with Gasteiger partial charge in [-0.25, -0.2) is 0 Å². The Morgan fingerprint density at radius 3 is 2.57 bits per heavy atom. The molecule has 4 heteroatoms. The molecule has 2 rings (SSSR count). The lowest BCUT2D eigenvalue weighted by Crippen LogP contribution is -2.19. The molecule has 120 valence electrons. The second-order valence-corrected chi connectivity index (χ2v) is 6.51. The van der Waals surface area contributed by atoms with Gasteiger partial charge in [-0.05, 0) is 51.5 Å². The van der Waals surface area contributed by atoms with E-state index in [0.29, 0.717) is 5.92 Å². The summed E-state index contributed by atoms with van der Waals surface area (Å²) in [5.74, 6) is 3.02. The first kappa shape index (κ1) is 16.5. The third-order valence-electron chi connectivity index (χ3n) is 4.69. The predicted molar refractivity (Wildman–Crippen MR) is 85.2 cm³/mol. The van der Waals surface area contributed by atoms with Gasteiger partial charge >= 0.3 is 0 Å². The van der Waals surface area contributed by atoms with Crippen LogP contribution in [-0.2, 0) is 0 Å². The van der Waals surface area contributed by atoms with Crippen LogP contribution in [0.3, 0.4) is 0 Å². The van der Waals surface area contributed by atoms with Crippen molar-refractivity contribution in [1.82, 2.24) is 15.5 Å². The van der Waals surface area contributed by atoms with Gasteiger partial charge in [0.05, 0.1) is 6.04 Å². The Labute approximate surface area is 129 Å². The number of aromatic nitrogens is 2. The molecular formula is C17H31N3O. The second kappa shape index (κ2) is 8.52. The first-order valence-electron chi connectivity index (χ1n) is 8.81. The number of unbranched alkanes of at least 4 members (excludes halogenated alkanes) is 1. The minimum absolute atomic E-state index is 0.159. The summed E-state index contributed by atoms with van der Waals surface area (Å²) < 4.78 is 5.91. The maximum atomic E-state index is 5.91. The van der Waals surface area contributed by atoms with Crippen LogP contribution in [-0.4, -0.2) is 16.7 Å². The summed E-state index contributed by atoms with van der Waals surface area (Å²) in [5, 5.41) is 11.9. The number of nitrogens with zero attached hydrogens (tertiary/aromatic N) is 2. The highest BCUT2D eigenvalue weighted by Gasteiger charge is 2.26. The van der Waals surface area contributed by atoms with Crippen molar-refractivity contribution in [3.63, 3.8) is 0 Å². The Hall–Kier alpha value is -0.900. The number of hydrogen-bond donors (Lipinski definition) is 1. The summed E-state index contributed by atoms with van der Waals surface area (Å²) in [6, 6.07) is 0.159. The van der Waals surface area contributed by atoms with Gasteiger partial charge in [0.1, 0.15) is 0 Å². The average Bonchev–Trinajstić information content (AvgIpc) is 3.01. The molecule has 1 aliphatic rings. The molecule has 1 heterocycles. The lowest BCUT2D eigenvalue weighted by atomic mass is 9.80. The van der Waals surface area contributed by atoms with E-state index < -0.39 is 0 Å². The minimum Gasteiger partial charge on any atom is -0.423 e. The van der Waals surface area contributed by atoms with Gasteiger partial charge in [-0.15, -0.1) is 10.2 Å². The van der Waals surface area contributed by atoms with Crippen LogP contribution in [0.5, 0.6) is 0 Å². The van der Waals surface area contributed by atoms with Crippen molar-refractivity contribution in [3.8, 4) is 0 Å². The van der Waals surface area contributed by atoms with Gasteiger partial charge in [-0.3, -0.25) is 0 Å². The zero-order valence-electron chi connectivity index (χ0n) is 13.9. The van der Waals surface area contributed by atoms with Gasteiger partial charge < -0.3 is 9.73 Å². The van der Waals surface area contributed by atoms with Crippen molar-refractivity contribution in [2.24, 2.45) is 5.92 Å². The second-order valence-electron chi connectivity index (χ2n) is 6.51. The average molecular weight is 293 g/mol. The molecule has 4 nitrogen and oxygen atoms in total. The van der Waals surface area contributed by atoms with Crippen LogP contribution in [0.25, 0.3) is 0 Å². The van der Waals surface area contributed by atoms with Crippen molar-refractivity contribution in [2.75, 3.05) is 6.54 Å². The molecule has 0 aliphatic heterocycles. The zero-order chi connectivity index (χ0) is 15.1. The Bertz CT molecular complexity index is 396. The SMILES string of the molecule is CCCCC1CCC(c2nnc(C(C)NCCC)o2)CC1. The molecule has 1 aromatic heterocycles. The van der Waals surface area contributed by atoms with Crippen molar-refractivity contribution in [1.29, 1.82) is 0 Å². The molecule has 1 aromatic rings. The summed E-state index contributed by atoms with van der Waals surface area (Å²) in [7, 11) is 0. The molecule has 1 saturated carbocycles. The lowest BCUT2D eigenvalue weighted by molar-refractivity contribution is 0.270. The molecule has 1 N–H and O–H groups in total. The van der Waals surface area contributed by atoms with E-state index in [1.807, 2.05) is 0 Å². The zero-order valence-corrected chi connectivity index (χ0v) is 13.9. The van der Waals surface area contributed by atoms with Crippen molar-refractivity contribution < 1.29 is 4.42 Å². The Morgan fingerprint density at radius 1 is 1.14 bits per heavy atom. The van der Waals surface area contributed by atoms with E-state index in [4.69, 9.17) is 4.42 Å². The van der Waals surface area contributed by atoms with Crippen LogP contribution in [0, 0.1) is 5.92 Å². The highest BCUT2D eigenvalue weighted by Crippen LogP contribution is 2.37. The van der Waals surface area contributed by atoms with E-state index in [0.717, 1.165) is 30.7 Å². The number of nitrogens with one attached hydrogen (secondary N) is 1. The van der Waals surface area contributed by atoms with Gasteiger partial charge in [0, 0.05) is 5.92 Å². The van der Waals surface area contributed by atoms with Crippen LogP contribution in [0.2, 0.25) is 0 Å². The van der Waals surface area contributed by atoms with Crippen LogP contribution in [0.1, 0.15) is 95.9 Å². The summed E-state index contributed by atoms with van der Waals surface area (Å²) in [6.45, 7) is 7.52. The fraction of sp³-hybridized carbons (Fsp3) is 0.882. The third kappa shape index (κ3) is 4.80. The number of hydrogen-bond acceptors (Lipinski definition) is 4. The fourth-order valence-corrected chi connectivity index (χ4v) is 3.23. The Kier molecular flexibility index (Phi) is 6.68. The van der Waals surface area contributed by atoms with Crippen molar-refractivity contribution >= 4 is 0 Å². The van der Waals surface area contributed by atoms with Gasteiger partial charge in [0.25, 0.3) is 0 Å². The maximum absolute atomic E-state index is 5.91. The maximum Gasteiger partial charge on any atom is 0.233 e. The monoisotopic (exact) mass is 293 g/mol. The summed E-state index contributed by atoms with van der Waals surface area (Å²) >= 11 is 0. The molecule has 1 atom stereocenters. The van der Waals surface area contributed by atoms with E-state index in [-0.39, 0.29) is 6.04 Å². The van der Waals surface area contributed by atoms with Gasteiger partial charge in [-0.1, -0.05) is 33.1 Å². The smallest absolute Gasteiger partial charge is 0.233 e. The molecule has 21 heavy (non-hydrogen) atoms. The van der Waals surface area contributed by atoms with Crippen LogP contribution < -0.4 is 5.32 Å². The van der Waals surface area contributed by atoms with E-state index >= 15 is 0 Å². The molecule has 0 aromatic carbocycles. The Morgan fingerprint density at radius 2 is 1.90 bits per heavy atom. The van der Waals surface area contributed by atoms with Gasteiger partial charge in [-0.2, -0.15) is 0 Å². The van der Waals surface area contributed by atoms with E-state index in [2.05, 4.69) is 36.3 Å². The fourth-order valence-electron chi connectivity index (χ4n) is 3.23. The summed E-state index contributed by atoms with van der Waals surface area (Å²) in [5.41, 5.74) is 0. The number of rotatable bonds is 8. The summed E-state index contributed by atoms with van der Waals surface area (Å²) in [4.78, 5) is 0. The summed E-state index contributed by atoms with van der Waals surface area (Å²) in [6.07, 6.45) is 10.3. The van der Waals surface area contributed by atoms with Crippen molar-refractivity contribution in [2.45, 2.75) is 84.1 Å². The standard InChI is InChI=1S/C17H31N3O/c1-4-6-7-14-8-10-15(11-9-14)17-20-19-16(21-17)13(3)18-12-5-2/h13-15,18H,4-12H2,1-3H3. The molecule has 0 spiro atoms. The quantitative estimate of drug-likeness (QED) is 0.761. The molecule has 1 unspecified atom stereocenters. The predicted octanol–water partition coefficient (Wildman–Crippen LogP) is 4.59. The molecule has 0 amide bonds. The molecule has 0 bridgehead atoms. The Balaban J connectivity index is 1.82. The minimum atomic E-state index is 0.159. The largest absolute Gasteiger partial charge is 0.423 e. The van der Waals surface area contributed by atoms with Crippen molar-refractivity contribution in [3.05, 3.63) is 11.8 Å². The molecular weight excluding hydrogens is 262 g/mol. The van der Waals surface area contributed by atoms with E-state index in [9.17, 15) is 0 Å². The first-order chi connectivity index (χ1) is 10.2. The van der Waals surface area contributed by atoms with Crippen LogP contribution in [0.15, 0.2) is 4.42 Å².